The molecule has 3 amide bonds. The van der Waals surface area contributed by atoms with E-state index < -0.39 is 29.1 Å². The van der Waals surface area contributed by atoms with Gasteiger partial charge in [0.1, 0.15) is 11.6 Å². The van der Waals surface area contributed by atoms with Gasteiger partial charge in [-0.1, -0.05) is 20.3 Å². The van der Waals surface area contributed by atoms with Crippen LogP contribution >= 0.6 is 0 Å². The Bertz CT molecular complexity index is 671. The summed E-state index contributed by atoms with van der Waals surface area (Å²) in [7, 11) is 0. The standard InChI is InChI=1S/C21H35N3O5/c1-5-7-13(3)23-18(27)16-21-9-8-20(4,29-21)14(17(26)22-10-6-2)15(21)19(28)24(16)11-12-25/h13-16,25H,5-12H2,1-4H3,(H,22,26)(H,23,27)/t13?,14-,15+,16?,20+,21?/m1/s1. The molecule has 3 aliphatic heterocycles. The van der Waals surface area contributed by atoms with Gasteiger partial charge in [0, 0.05) is 19.1 Å². The molecule has 29 heavy (non-hydrogen) atoms. The molecule has 0 aromatic heterocycles. The van der Waals surface area contributed by atoms with Crippen LogP contribution in [-0.2, 0) is 19.1 Å². The van der Waals surface area contributed by atoms with E-state index in [9.17, 15) is 19.5 Å². The smallest absolute Gasteiger partial charge is 0.246 e. The number of nitrogens with zero attached hydrogens (tertiary/aromatic N) is 1. The van der Waals surface area contributed by atoms with Crippen LogP contribution in [0.5, 0.6) is 0 Å². The number of rotatable bonds is 9. The van der Waals surface area contributed by atoms with E-state index in [1.807, 2.05) is 20.8 Å². The normalized spacial score (nSPS) is 36.2. The zero-order valence-electron chi connectivity index (χ0n) is 18.0. The van der Waals surface area contributed by atoms with Crippen molar-refractivity contribution in [1.82, 2.24) is 15.5 Å². The highest BCUT2D eigenvalue weighted by Crippen LogP contribution is 2.63. The third-order valence-corrected chi connectivity index (χ3v) is 6.81. The van der Waals surface area contributed by atoms with E-state index in [-0.39, 0.29) is 36.9 Å². The maximum absolute atomic E-state index is 13.4. The van der Waals surface area contributed by atoms with Crippen molar-refractivity contribution in [3.05, 3.63) is 0 Å². The van der Waals surface area contributed by atoms with E-state index in [4.69, 9.17) is 4.74 Å². The summed E-state index contributed by atoms with van der Waals surface area (Å²) < 4.78 is 6.44. The quantitative estimate of drug-likeness (QED) is 0.516. The van der Waals surface area contributed by atoms with Crippen molar-refractivity contribution in [2.24, 2.45) is 11.8 Å². The molecule has 0 aliphatic carbocycles. The first kappa shape index (κ1) is 22.0. The van der Waals surface area contributed by atoms with Crippen molar-refractivity contribution in [1.29, 1.82) is 0 Å². The minimum absolute atomic E-state index is 0.0214. The van der Waals surface area contributed by atoms with Crippen LogP contribution in [0, 0.1) is 11.8 Å². The molecule has 1 spiro atoms. The average Bonchev–Trinajstić information content (AvgIpc) is 3.22. The summed E-state index contributed by atoms with van der Waals surface area (Å²) in [6.45, 7) is 8.21. The molecule has 0 aromatic rings. The highest BCUT2D eigenvalue weighted by Gasteiger charge is 2.77. The Kier molecular flexibility index (Phi) is 6.24. The van der Waals surface area contributed by atoms with Gasteiger partial charge in [0.25, 0.3) is 0 Å². The van der Waals surface area contributed by atoms with Gasteiger partial charge in [-0.3, -0.25) is 14.4 Å². The van der Waals surface area contributed by atoms with Gasteiger partial charge in [-0.25, -0.2) is 0 Å². The van der Waals surface area contributed by atoms with E-state index >= 15 is 0 Å². The maximum Gasteiger partial charge on any atom is 0.246 e. The fourth-order valence-electron chi connectivity index (χ4n) is 5.66. The van der Waals surface area contributed by atoms with Gasteiger partial charge in [0.05, 0.1) is 24.0 Å². The van der Waals surface area contributed by atoms with E-state index in [1.54, 1.807) is 0 Å². The third kappa shape index (κ3) is 3.44. The Morgan fingerprint density at radius 2 is 2.00 bits per heavy atom. The van der Waals surface area contributed by atoms with Crippen LogP contribution in [-0.4, -0.2) is 70.7 Å². The number of fused-ring (bicyclic) bond motifs is 1. The fourth-order valence-corrected chi connectivity index (χ4v) is 5.66. The Hall–Kier alpha value is -1.67. The number of β-amino-alcohol motifs (C(OH)–C–C–N with tert-alkyl or cyclic N) is 1. The third-order valence-electron chi connectivity index (χ3n) is 6.81. The number of carbonyl (C=O) groups excluding carboxylic acids is 3. The molecule has 3 N–H and O–H groups in total. The first-order valence-electron chi connectivity index (χ1n) is 10.9. The molecule has 3 saturated heterocycles. The van der Waals surface area contributed by atoms with E-state index in [2.05, 4.69) is 17.6 Å². The number of aliphatic hydroxyl groups excluding tert-OH is 1. The van der Waals surface area contributed by atoms with Crippen LogP contribution in [0.25, 0.3) is 0 Å². The van der Waals surface area contributed by atoms with Crippen molar-refractivity contribution in [3.63, 3.8) is 0 Å². The number of amides is 3. The largest absolute Gasteiger partial charge is 0.395 e. The average molecular weight is 410 g/mol. The second kappa shape index (κ2) is 8.22. The lowest BCUT2D eigenvalue weighted by Gasteiger charge is -2.34. The lowest BCUT2D eigenvalue weighted by atomic mass is 9.66. The number of carbonyl (C=O) groups is 3. The summed E-state index contributed by atoms with van der Waals surface area (Å²) in [4.78, 5) is 41.1. The first-order valence-corrected chi connectivity index (χ1v) is 10.9. The van der Waals surface area contributed by atoms with Crippen molar-refractivity contribution in [2.75, 3.05) is 19.7 Å². The summed E-state index contributed by atoms with van der Waals surface area (Å²) in [6.07, 6.45) is 3.76. The highest BCUT2D eigenvalue weighted by atomic mass is 16.5. The molecule has 3 unspecified atom stereocenters. The summed E-state index contributed by atoms with van der Waals surface area (Å²) in [5.74, 6) is -2.01. The number of nitrogens with one attached hydrogen (secondary N) is 2. The van der Waals surface area contributed by atoms with Crippen molar-refractivity contribution in [2.45, 2.75) is 83.1 Å². The molecule has 2 bridgehead atoms. The van der Waals surface area contributed by atoms with Gasteiger partial charge in [0.15, 0.2) is 0 Å². The van der Waals surface area contributed by atoms with Crippen molar-refractivity contribution in [3.8, 4) is 0 Å². The zero-order chi connectivity index (χ0) is 21.4. The second-order valence-electron chi connectivity index (χ2n) is 8.97. The van der Waals surface area contributed by atoms with Gasteiger partial charge in [0.2, 0.25) is 17.7 Å². The second-order valence-corrected chi connectivity index (χ2v) is 8.97. The molecule has 3 rings (SSSR count). The topological polar surface area (TPSA) is 108 Å². The molecule has 3 fully saturated rings. The van der Waals surface area contributed by atoms with Crippen LogP contribution < -0.4 is 10.6 Å². The molecule has 0 radical (unpaired) electrons. The van der Waals surface area contributed by atoms with Gasteiger partial charge in [-0.2, -0.15) is 0 Å². The Morgan fingerprint density at radius 1 is 1.28 bits per heavy atom. The van der Waals surface area contributed by atoms with E-state index in [0.29, 0.717) is 19.4 Å². The van der Waals surface area contributed by atoms with Gasteiger partial charge < -0.3 is 25.4 Å². The highest BCUT2D eigenvalue weighted by molar-refractivity contribution is 5.99. The Balaban J connectivity index is 1.95. The summed E-state index contributed by atoms with van der Waals surface area (Å²) >= 11 is 0. The SMILES string of the molecule is CCCNC(=O)[C@H]1[C@H]2C(=O)N(CCO)C(C(=O)NC(C)CCC)C23CC[C@]1(C)O3. The van der Waals surface area contributed by atoms with Gasteiger partial charge in [-0.05, 0) is 39.5 Å². The van der Waals surface area contributed by atoms with E-state index in [0.717, 1.165) is 19.3 Å². The van der Waals surface area contributed by atoms with Crippen molar-refractivity contribution < 1.29 is 24.2 Å². The van der Waals surface area contributed by atoms with Crippen LogP contribution in [0.3, 0.4) is 0 Å². The molecule has 3 heterocycles. The summed E-state index contributed by atoms with van der Waals surface area (Å²) in [5, 5.41) is 15.5. The predicted molar refractivity (Wildman–Crippen MR) is 107 cm³/mol. The molecule has 164 valence electrons. The van der Waals surface area contributed by atoms with Crippen LogP contribution in [0.2, 0.25) is 0 Å². The first-order chi connectivity index (χ1) is 13.8. The Morgan fingerprint density at radius 3 is 2.62 bits per heavy atom. The molecule has 8 nitrogen and oxygen atoms in total. The van der Waals surface area contributed by atoms with Crippen LogP contribution in [0.1, 0.15) is 59.8 Å². The lowest BCUT2D eigenvalue weighted by molar-refractivity contribution is -0.146. The molecule has 6 atom stereocenters. The van der Waals surface area contributed by atoms with Gasteiger partial charge in [-0.15, -0.1) is 0 Å². The molecule has 3 aliphatic rings. The van der Waals surface area contributed by atoms with Crippen molar-refractivity contribution >= 4 is 17.7 Å². The molecule has 0 aromatic carbocycles. The molecular weight excluding hydrogens is 374 g/mol. The monoisotopic (exact) mass is 409 g/mol. The fraction of sp³-hybridized carbons (Fsp3) is 0.857. The number of aliphatic hydroxyl groups is 1. The maximum atomic E-state index is 13.4. The van der Waals surface area contributed by atoms with Gasteiger partial charge >= 0.3 is 0 Å². The minimum atomic E-state index is -1.01. The summed E-state index contributed by atoms with van der Waals surface area (Å²) in [5.41, 5.74) is -1.76. The number of likely N-dealkylation sites (tertiary alicyclic amines) is 1. The van der Waals surface area contributed by atoms with E-state index in [1.165, 1.54) is 4.90 Å². The number of ether oxygens (including phenoxy) is 1. The number of hydrogen-bond acceptors (Lipinski definition) is 5. The lowest BCUT2D eigenvalue weighted by Crippen LogP contribution is -2.57. The minimum Gasteiger partial charge on any atom is -0.395 e. The molecule has 8 heteroatoms. The number of hydrogen-bond donors (Lipinski definition) is 3. The molecular formula is C21H35N3O5. The van der Waals surface area contributed by atoms with Crippen LogP contribution in [0.4, 0.5) is 0 Å². The van der Waals surface area contributed by atoms with Crippen LogP contribution in [0.15, 0.2) is 0 Å². The summed E-state index contributed by atoms with van der Waals surface area (Å²) in [6, 6.07) is -0.843. The zero-order valence-corrected chi connectivity index (χ0v) is 18.0. The predicted octanol–water partition coefficient (Wildman–Crippen LogP) is 0.574. The molecule has 0 saturated carbocycles. The Labute approximate surface area is 172 Å².